The average Bonchev–Trinajstić information content (AvgIpc) is 2.68. The highest BCUT2D eigenvalue weighted by atomic mass is 19.4. The lowest BCUT2D eigenvalue weighted by Gasteiger charge is -2.06. The van der Waals surface area contributed by atoms with Crippen molar-refractivity contribution in [2.45, 2.75) is 12.4 Å². The minimum absolute atomic E-state index is 0.122. The number of carbonyl (C=O) groups is 1. The second-order valence-corrected chi connectivity index (χ2v) is 5.80. The Bertz CT molecular complexity index is 938. The minimum atomic E-state index is -4.47. The van der Waals surface area contributed by atoms with Crippen molar-refractivity contribution >= 4 is 6.03 Å². The molecule has 0 unspecified atom stereocenters. The van der Waals surface area contributed by atoms with Gasteiger partial charge in [-0.15, -0.1) is 0 Å². The van der Waals surface area contributed by atoms with E-state index in [0.717, 1.165) is 24.3 Å². The number of halogens is 6. The van der Waals surface area contributed by atoms with Crippen molar-refractivity contribution in [3.8, 4) is 23.7 Å². The summed E-state index contributed by atoms with van der Waals surface area (Å²) in [5, 5.41) is 4.73. The zero-order chi connectivity index (χ0) is 22.2. The molecule has 2 amide bonds. The Morgan fingerprint density at radius 1 is 0.733 bits per heavy atom. The molecule has 0 aliphatic rings. The van der Waals surface area contributed by atoms with Gasteiger partial charge >= 0.3 is 18.4 Å². The number of nitrogens with one attached hydrogen (secondary N) is 2. The number of rotatable bonds is 2. The highest BCUT2D eigenvalue weighted by Crippen LogP contribution is 2.30. The van der Waals surface area contributed by atoms with Crippen LogP contribution < -0.4 is 10.6 Å². The molecular formula is C21H14F6N2O. The monoisotopic (exact) mass is 424 g/mol. The molecule has 0 atom stereocenters. The highest BCUT2D eigenvalue weighted by Gasteiger charge is 2.30. The van der Waals surface area contributed by atoms with Gasteiger partial charge in [-0.2, -0.15) is 26.3 Å². The van der Waals surface area contributed by atoms with E-state index < -0.39 is 29.5 Å². The summed E-state index contributed by atoms with van der Waals surface area (Å²) in [5.41, 5.74) is -1.34. The minimum Gasteiger partial charge on any atom is -0.327 e. The first-order valence-electron chi connectivity index (χ1n) is 8.39. The summed E-state index contributed by atoms with van der Waals surface area (Å²) in [6.45, 7) is -0.244. The molecule has 0 bridgehead atoms. The molecule has 0 saturated carbocycles. The number of urea groups is 1. The molecule has 0 saturated heterocycles. The van der Waals surface area contributed by atoms with E-state index in [1.165, 1.54) is 24.3 Å². The Morgan fingerprint density at radius 2 is 1.13 bits per heavy atom. The molecule has 0 heterocycles. The number of hydrogen-bond acceptors (Lipinski definition) is 1. The molecule has 9 heteroatoms. The summed E-state index contributed by atoms with van der Waals surface area (Å²) in [7, 11) is 0. The van der Waals surface area contributed by atoms with Crippen molar-refractivity contribution in [3.05, 3.63) is 70.8 Å². The Kier molecular flexibility index (Phi) is 7.38. The topological polar surface area (TPSA) is 41.1 Å². The Labute approximate surface area is 168 Å². The first kappa shape index (κ1) is 22.7. The zero-order valence-electron chi connectivity index (χ0n) is 15.2. The lowest BCUT2D eigenvalue weighted by molar-refractivity contribution is -0.138. The fourth-order valence-electron chi connectivity index (χ4n) is 2.15. The molecule has 0 fully saturated rings. The van der Waals surface area contributed by atoms with Crippen LogP contribution in [0.25, 0.3) is 0 Å². The van der Waals surface area contributed by atoms with Gasteiger partial charge in [0.05, 0.1) is 24.2 Å². The predicted molar refractivity (Wildman–Crippen MR) is 98.0 cm³/mol. The predicted octanol–water partition coefficient (Wildman–Crippen LogP) is 4.43. The van der Waals surface area contributed by atoms with E-state index in [1.807, 2.05) is 0 Å². The van der Waals surface area contributed by atoms with Crippen LogP contribution in [-0.4, -0.2) is 19.1 Å². The maximum absolute atomic E-state index is 12.6. The van der Waals surface area contributed by atoms with Gasteiger partial charge in [-0.1, -0.05) is 35.8 Å². The summed E-state index contributed by atoms with van der Waals surface area (Å²) in [6.07, 6.45) is -8.93. The lowest BCUT2D eigenvalue weighted by atomic mass is 10.1. The van der Waals surface area contributed by atoms with E-state index in [1.54, 1.807) is 0 Å². The molecule has 0 spiro atoms. The second-order valence-electron chi connectivity index (χ2n) is 5.80. The van der Waals surface area contributed by atoms with E-state index >= 15 is 0 Å². The maximum Gasteiger partial charge on any atom is 0.416 e. The first-order valence-corrected chi connectivity index (χ1v) is 8.39. The van der Waals surface area contributed by atoms with Gasteiger partial charge in [-0.05, 0) is 36.4 Å². The third-order valence-electron chi connectivity index (χ3n) is 3.52. The van der Waals surface area contributed by atoms with Crippen LogP contribution in [0.5, 0.6) is 0 Å². The summed E-state index contributed by atoms with van der Waals surface area (Å²) >= 11 is 0. The normalized spacial score (nSPS) is 10.9. The lowest BCUT2D eigenvalue weighted by Crippen LogP contribution is -2.35. The first-order chi connectivity index (χ1) is 14.1. The van der Waals surface area contributed by atoms with Crippen LogP contribution in [0.1, 0.15) is 22.3 Å². The number of alkyl halides is 6. The smallest absolute Gasteiger partial charge is 0.327 e. The number of amides is 2. The number of hydrogen-bond donors (Lipinski definition) is 2. The summed E-state index contributed by atoms with van der Waals surface area (Å²) in [4.78, 5) is 11.6. The second kappa shape index (κ2) is 9.75. The third-order valence-corrected chi connectivity index (χ3v) is 3.52. The van der Waals surface area contributed by atoms with Gasteiger partial charge in [0.1, 0.15) is 0 Å². The number of benzene rings is 2. The Balaban J connectivity index is 1.80. The van der Waals surface area contributed by atoms with Crippen molar-refractivity contribution in [1.29, 1.82) is 0 Å². The summed E-state index contributed by atoms with van der Waals surface area (Å²) < 4.78 is 75.7. The van der Waals surface area contributed by atoms with Gasteiger partial charge < -0.3 is 10.6 Å². The fourth-order valence-corrected chi connectivity index (χ4v) is 2.15. The van der Waals surface area contributed by atoms with Crippen LogP contribution in [0.3, 0.4) is 0 Å². The van der Waals surface area contributed by atoms with Gasteiger partial charge in [-0.3, -0.25) is 0 Å². The van der Waals surface area contributed by atoms with Crippen molar-refractivity contribution in [2.24, 2.45) is 0 Å². The van der Waals surface area contributed by atoms with Crippen molar-refractivity contribution in [3.63, 3.8) is 0 Å². The molecule has 3 nitrogen and oxygen atoms in total. The molecule has 2 N–H and O–H groups in total. The Hall–Kier alpha value is -3.59. The van der Waals surface area contributed by atoms with Gasteiger partial charge in [0.15, 0.2) is 0 Å². The summed E-state index contributed by atoms with van der Waals surface area (Å²) in [6, 6.07) is 8.30. The summed E-state index contributed by atoms with van der Waals surface area (Å²) in [5.74, 6) is 10.0. The fraction of sp³-hybridized carbons (Fsp3) is 0.190. The van der Waals surface area contributed by atoms with Crippen molar-refractivity contribution in [1.82, 2.24) is 10.6 Å². The molecular weight excluding hydrogens is 410 g/mol. The molecule has 2 rings (SSSR count). The molecule has 0 aliphatic carbocycles. The average molecular weight is 424 g/mol. The molecule has 2 aromatic carbocycles. The zero-order valence-corrected chi connectivity index (χ0v) is 15.2. The quantitative estimate of drug-likeness (QED) is 0.544. The third kappa shape index (κ3) is 7.44. The van der Waals surface area contributed by atoms with Crippen molar-refractivity contribution in [2.75, 3.05) is 13.1 Å². The van der Waals surface area contributed by atoms with Gasteiger partial charge in [0.25, 0.3) is 0 Å². The highest BCUT2D eigenvalue weighted by molar-refractivity contribution is 5.74. The van der Waals surface area contributed by atoms with Crippen molar-refractivity contribution < 1.29 is 31.1 Å². The van der Waals surface area contributed by atoms with Gasteiger partial charge in [0.2, 0.25) is 0 Å². The maximum atomic E-state index is 12.6. The SMILES string of the molecule is O=C(NCC#Cc1cccc(C(F)(F)F)c1)NCC#Cc1cccc(C(F)(F)F)c1. The number of carbonyl (C=O) groups excluding carboxylic acids is 1. The van der Waals surface area contributed by atoms with E-state index in [-0.39, 0.29) is 24.2 Å². The largest absolute Gasteiger partial charge is 0.416 e. The van der Waals surface area contributed by atoms with Crippen LogP contribution >= 0.6 is 0 Å². The van der Waals surface area contributed by atoms with E-state index in [4.69, 9.17) is 0 Å². The van der Waals surface area contributed by atoms with Crippen LogP contribution in [0.4, 0.5) is 31.1 Å². The molecule has 0 aliphatic heterocycles. The van der Waals surface area contributed by atoms with Crippen LogP contribution in [0, 0.1) is 23.7 Å². The van der Waals surface area contributed by atoms with E-state index in [9.17, 15) is 31.1 Å². The van der Waals surface area contributed by atoms with E-state index in [0.29, 0.717) is 0 Å². The van der Waals surface area contributed by atoms with Gasteiger partial charge in [0, 0.05) is 11.1 Å². The molecule has 2 aromatic rings. The van der Waals surface area contributed by atoms with Crippen LogP contribution in [-0.2, 0) is 12.4 Å². The molecule has 0 radical (unpaired) electrons. The molecule has 30 heavy (non-hydrogen) atoms. The molecule has 0 aromatic heterocycles. The van der Waals surface area contributed by atoms with E-state index in [2.05, 4.69) is 34.3 Å². The Morgan fingerprint density at radius 3 is 1.50 bits per heavy atom. The standard InChI is InChI=1S/C21H14F6N2O/c22-20(23,24)17-9-1-5-15(13-17)7-3-11-28-19(30)29-12-4-8-16-6-2-10-18(14-16)21(25,26)27/h1-2,5-6,9-10,13-14H,11-12H2,(H2,28,29,30). The van der Waals surface area contributed by atoms with Crippen LogP contribution in [0.2, 0.25) is 0 Å². The molecule has 156 valence electrons. The van der Waals surface area contributed by atoms with Crippen LogP contribution in [0.15, 0.2) is 48.5 Å². The van der Waals surface area contributed by atoms with Gasteiger partial charge in [-0.25, -0.2) is 4.79 Å².